The minimum absolute atomic E-state index is 0.0954. The van der Waals surface area contributed by atoms with Crippen molar-refractivity contribution in [2.75, 3.05) is 5.75 Å². The first kappa shape index (κ1) is 21.1. The van der Waals surface area contributed by atoms with Crippen molar-refractivity contribution in [1.29, 1.82) is 0 Å². The second-order valence-electron chi connectivity index (χ2n) is 7.55. The third kappa shape index (κ3) is 4.18. The van der Waals surface area contributed by atoms with E-state index in [4.69, 9.17) is 0 Å². The predicted molar refractivity (Wildman–Crippen MR) is 123 cm³/mol. The lowest BCUT2D eigenvalue weighted by Crippen LogP contribution is -2.12. The molecule has 1 aromatic carbocycles. The number of ketones is 1. The summed E-state index contributed by atoms with van der Waals surface area (Å²) in [5, 5.41) is 9.26. The summed E-state index contributed by atoms with van der Waals surface area (Å²) in [7, 11) is 1.91. The lowest BCUT2D eigenvalue weighted by Gasteiger charge is -2.19. The molecule has 0 spiro atoms. The Kier molecular flexibility index (Phi) is 6.04. The highest BCUT2D eigenvalue weighted by atomic mass is 32.2. The summed E-state index contributed by atoms with van der Waals surface area (Å²) in [6.07, 6.45) is 3.46. The zero-order valence-electron chi connectivity index (χ0n) is 18.1. The summed E-state index contributed by atoms with van der Waals surface area (Å²) in [4.78, 5) is 17.1. The van der Waals surface area contributed by atoms with E-state index in [9.17, 15) is 4.79 Å². The second kappa shape index (κ2) is 8.89. The van der Waals surface area contributed by atoms with Gasteiger partial charge in [0.25, 0.3) is 0 Å². The third-order valence-electron chi connectivity index (χ3n) is 5.56. The molecule has 0 aliphatic carbocycles. The molecule has 1 atom stereocenters. The van der Waals surface area contributed by atoms with Crippen LogP contribution >= 0.6 is 11.8 Å². The minimum atomic E-state index is 0.0954. The molecule has 4 rings (SSSR count). The van der Waals surface area contributed by atoms with Crippen LogP contribution in [-0.2, 0) is 7.05 Å². The molecule has 0 saturated carbocycles. The van der Waals surface area contributed by atoms with Crippen LogP contribution in [0.4, 0.5) is 0 Å². The average Bonchev–Trinajstić information content (AvgIpc) is 3.31. The number of carbonyl (C=O) groups excluding carboxylic acids is 1. The van der Waals surface area contributed by atoms with Crippen molar-refractivity contribution < 1.29 is 4.79 Å². The van der Waals surface area contributed by atoms with Crippen LogP contribution in [0.1, 0.15) is 40.3 Å². The smallest absolute Gasteiger partial charge is 0.191 e. The number of Topliss-reactive ketones (excluding diaryl/α,β-unsaturated/α-hetero) is 1. The number of aromatic nitrogens is 5. The molecular formula is C24H25N5OS. The molecular weight excluding hydrogens is 406 g/mol. The van der Waals surface area contributed by atoms with Crippen LogP contribution < -0.4 is 0 Å². The molecule has 0 amide bonds. The molecule has 0 aliphatic rings. The first-order chi connectivity index (χ1) is 15.0. The zero-order chi connectivity index (χ0) is 22.0. The Morgan fingerprint density at radius 3 is 2.48 bits per heavy atom. The number of benzene rings is 1. The van der Waals surface area contributed by atoms with Gasteiger partial charge >= 0.3 is 0 Å². The summed E-state index contributed by atoms with van der Waals surface area (Å²) in [5.41, 5.74) is 5.02. The molecule has 3 aromatic heterocycles. The molecule has 0 fully saturated rings. The molecule has 31 heavy (non-hydrogen) atoms. The molecule has 4 aromatic rings. The summed E-state index contributed by atoms with van der Waals surface area (Å²) >= 11 is 1.41. The van der Waals surface area contributed by atoms with Crippen molar-refractivity contribution in [3.8, 4) is 11.4 Å². The second-order valence-corrected chi connectivity index (χ2v) is 8.50. The minimum Gasteiger partial charge on any atom is -0.341 e. The van der Waals surface area contributed by atoms with Gasteiger partial charge in [0.15, 0.2) is 16.8 Å². The SMILES string of the molecule is Cc1cc(C(=O)CSc2nnc(-c3ccncc3)n2C)c(C)n1C(C)c1ccccc1. The van der Waals surface area contributed by atoms with Gasteiger partial charge < -0.3 is 9.13 Å². The predicted octanol–water partition coefficient (Wildman–Crippen LogP) is 4.88. The van der Waals surface area contributed by atoms with Crippen LogP contribution in [0.25, 0.3) is 11.4 Å². The lowest BCUT2D eigenvalue weighted by molar-refractivity contribution is 0.102. The Morgan fingerprint density at radius 1 is 1.06 bits per heavy atom. The molecule has 1 unspecified atom stereocenters. The van der Waals surface area contributed by atoms with E-state index < -0.39 is 0 Å². The van der Waals surface area contributed by atoms with Gasteiger partial charge in [0, 0.05) is 42.0 Å². The Balaban J connectivity index is 1.51. The summed E-state index contributed by atoms with van der Waals surface area (Å²) in [5.74, 6) is 1.16. The highest BCUT2D eigenvalue weighted by Gasteiger charge is 2.21. The van der Waals surface area contributed by atoms with Crippen LogP contribution in [0.15, 0.2) is 66.1 Å². The van der Waals surface area contributed by atoms with Gasteiger partial charge in [0.05, 0.1) is 11.8 Å². The van der Waals surface area contributed by atoms with Gasteiger partial charge in [-0.1, -0.05) is 42.1 Å². The average molecular weight is 432 g/mol. The topological polar surface area (TPSA) is 65.6 Å². The van der Waals surface area contributed by atoms with Crippen molar-refractivity contribution in [3.63, 3.8) is 0 Å². The van der Waals surface area contributed by atoms with Gasteiger partial charge in [-0.3, -0.25) is 9.78 Å². The molecule has 6 nitrogen and oxygen atoms in total. The maximum atomic E-state index is 13.1. The maximum absolute atomic E-state index is 13.1. The Hall–Kier alpha value is -3.19. The fourth-order valence-electron chi connectivity index (χ4n) is 3.94. The van der Waals surface area contributed by atoms with Gasteiger partial charge in [0.1, 0.15) is 0 Å². The van der Waals surface area contributed by atoms with Crippen molar-refractivity contribution in [3.05, 3.63) is 83.4 Å². The number of carbonyl (C=O) groups is 1. The van der Waals surface area contributed by atoms with Crippen LogP contribution in [-0.4, -0.2) is 35.9 Å². The number of pyridine rings is 1. The standard InChI is InChI=1S/C24H25N5OS/c1-16-14-21(18(3)29(16)17(2)19-8-6-5-7-9-19)22(30)15-31-24-27-26-23(28(24)4)20-10-12-25-13-11-20/h5-14,17H,15H2,1-4H3. The van der Waals surface area contributed by atoms with E-state index in [0.29, 0.717) is 10.9 Å². The van der Waals surface area contributed by atoms with Crippen molar-refractivity contribution in [2.45, 2.75) is 32.0 Å². The van der Waals surface area contributed by atoms with Gasteiger partial charge in [-0.05, 0) is 44.5 Å². The summed E-state index contributed by atoms with van der Waals surface area (Å²) < 4.78 is 4.14. The number of nitrogens with zero attached hydrogens (tertiary/aromatic N) is 5. The zero-order valence-corrected chi connectivity index (χ0v) is 18.9. The van der Waals surface area contributed by atoms with Crippen molar-refractivity contribution >= 4 is 17.5 Å². The van der Waals surface area contributed by atoms with E-state index in [1.54, 1.807) is 12.4 Å². The van der Waals surface area contributed by atoms with E-state index in [0.717, 1.165) is 28.3 Å². The molecule has 158 valence electrons. The van der Waals surface area contributed by atoms with E-state index in [-0.39, 0.29) is 11.8 Å². The highest BCUT2D eigenvalue weighted by molar-refractivity contribution is 7.99. The normalized spacial score (nSPS) is 12.1. The monoisotopic (exact) mass is 431 g/mol. The van der Waals surface area contributed by atoms with Crippen LogP contribution in [0.2, 0.25) is 0 Å². The molecule has 0 radical (unpaired) electrons. The first-order valence-corrected chi connectivity index (χ1v) is 11.1. The summed E-state index contributed by atoms with van der Waals surface area (Å²) in [6, 6.07) is 16.3. The number of hydrogen-bond acceptors (Lipinski definition) is 5. The van der Waals surface area contributed by atoms with Crippen molar-refractivity contribution in [1.82, 2.24) is 24.3 Å². The molecule has 3 heterocycles. The van der Waals surface area contributed by atoms with Gasteiger partial charge in [-0.15, -0.1) is 10.2 Å². The highest BCUT2D eigenvalue weighted by Crippen LogP contribution is 2.28. The van der Waals surface area contributed by atoms with Crippen molar-refractivity contribution in [2.24, 2.45) is 7.05 Å². The Labute approximate surface area is 186 Å². The van der Waals surface area contributed by atoms with E-state index >= 15 is 0 Å². The molecule has 0 bridgehead atoms. The third-order valence-corrected chi connectivity index (χ3v) is 6.58. The first-order valence-electron chi connectivity index (χ1n) is 10.2. The van der Waals surface area contributed by atoms with Gasteiger partial charge in [-0.2, -0.15) is 0 Å². The quantitative estimate of drug-likeness (QED) is 0.308. The number of hydrogen-bond donors (Lipinski definition) is 0. The number of thioether (sulfide) groups is 1. The number of aryl methyl sites for hydroxylation is 1. The molecule has 0 aliphatic heterocycles. The largest absolute Gasteiger partial charge is 0.341 e. The Bertz CT molecular complexity index is 1200. The molecule has 0 N–H and O–H groups in total. The van der Waals surface area contributed by atoms with E-state index in [1.165, 1.54) is 17.3 Å². The van der Waals surface area contributed by atoms with Gasteiger partial charge in [0.2, 0.25) is 0 Å². The fraction of sp³-hybridized carbons (Fsp3) is 0.250. The summed E-state index contributed by atoms with van der Waals surface area (Å²) in [6.45, 7) is 6.24. The van der Waals surface area contributed by atoms with E-state index in [1.807, 2.05) is 54.9 Å². The number of rotatable bonds is 7. The lowest BCUT2D eigenvalue weighted by atomic mass is 10.1. The fourth-order valence-corrected chi connectivity index (χ4v) is 4.73. The van der Waals surface area contributed by atoms with Gasteiger partial charge in [-0.25, -0.2) is 0 Å². The molecule has 0 saturated heterocycles. The van der Waals surface area contributed by atoms with Crippen LogP contribution in [0.5, 0.6) is 0 Å². The van der Waals surface area contributed by atoms with E-state index in [2.05, 4.69) is 45.7 Å². The Morgan fingerprint density at radius 2 is 1.77 bits per heavy atom. The molecule has 7 heteroatoms. The van der Waals surface area contributed by atoms with Crippen LogP contribution in [0, 0.1) is 13.8 Å². The maximum Gasteiger partial charge on any atom is 0.191 e. The van der Waals surface area contributed by atoms with Crippen LogP contribution in [0.3, 0.4) is 0 Å².